The number of hydrogen-bond acceptors (Lipinski definition) is 4. The summed E-state index contributed by atoms with van der Waals surface area (Å²) in [6.07, 6.45) is 0.248. The van der Waals surface area contributed by atoms with E-state index < -0.39 is 15.8 Å². The minimum Gasteiger partial charge on any atom is -0.370 e. The molecule has 0 bridgehead atoms. The van der Waals surface area contributed by atoms with E-state index in [4.69, 9.17) is 16.3 Å². The van der Waals surface area contributed by atoms with Crippen molar-refractivity contribution in [3.05, 3.63) is 34.9 Å². The third-order valence-electron chi connectivity index (χ3n) is 4.20. The van der Waals surface area contributed by atoms with Crippen molar-refractivity contribution in [1.82, 2.24) is 4.90 Å². The molecular weight excluding hydrogens is 326 g/mol. The lowest BCUT2D eigenvalue weighted by Crippen LogP contribution is -2.45. The summed E-state index contributed by atoms with van der Waals surface area (Å²) in [6, 6.07) is 7.37. The Bertz CT molecular complexity index is 659. The molecule has 2 fully saturated rings. The van der Waals surface area contributed by atoms with Crippen LogP contribution in [-0.2, 0) is 19.4 Å². The van der Waals surface area contributed by atoms with Crippen molar-refractivity contribution in [2.75, 3.05) is 31.2 Å². The van der Waals surface area contributed by atoms with Gasteiger partial charge in [0, 0.05) is 11.6 Å². The maximum absolute atomic E-state index is 12.5. The molecule has 2 heterocycles. The molecule has 5 nitrogen and oxygen atoms in total. The molecule has 0 radical (unpaired) electrons. The van der Waals surface area contributed by atoms with E-state index in [1.165, 1.54) is 0 Å². The number of carbonyl (C=O) groups is 1. The van der Waals surface area contributed by atoms with Gasteiger partial charge < -0.3 is 9.64 Å². The zero-order valence-corrected chi connectivity index (χ0v) is 13.6. The molecule has 2 atom stereocenters. The molecule has 2 aliphatic rings. The number of carbonyl (C=O) groups excluding carboxylic acids is 1. The molecule has 2 aliphatic heterocycles. The molecule has 1 aromatic carbocycles. The summed E-state index contributed by atoms with van der Waals surface area (Å²) >= 11 is 5.88. The van der Waals surface area contributed by atoms with Crippen LogP contribution in [0.4, 0.5) is 0 Å². The zero-order valence-electron chi connectivity index (χ0n) is 12.1. The molecule has 7 heteroatoms. The van der Waals surface area contributed by atoms with Crippen molar-refractivity contribution in [2.24, 2.45) is 5.92 Å². The van der Waals surface area contributed by atoms with E-state index in [0.29, 0.717) is 31.1 Å². The molecule has 0 unspecified atom stereocenters. The Labute approximate surface area is 135 Å². The Hall–Kier alpha value is -1.11. The zero-order chi connectivity index (χ0) is 15.7. The summed E-state index contributed by atoms with van der Waals surface area (Å²) in [5.74, 6) is -0.360. The summed E-state index contributed by atoms with van der Waals surface area (Å²) in [6.45, 7) is 1.43. The maximum Gasteiger partial charge on any atom is 0.226 e. The topological polar surface area (TPSA) is 63.7 Å². The summed E-state index contributed by atoms with van der Waals surface area (Å²) in [5, 5.41) is 0.656. The SMILES string of the molecule is O=C([C@H]1CCS(=O)(=O)C1)N1CCO[C@@H](c2ccc(Cl)cc2)C1. The third kappa shape index (κ3) is 3.45. The molecule has 0 spiro atoms. The smallest absolute Gasteiger partial charge is 0.226 e. The van der Waals surface area contributed by atoms with Gasteiger partial charge in [-0.2, -0.15) is 0 Å². The number of hydrogen-bond donors (Lipinski definition) is 0. The van der Waals surface area contributed by atoms with E-state index in [0.717, 1.165) is 5.56 Å². The monoisotopic (exact) mass is 343 g/mol. The lowest BCUT2D eigenvalue weighted by Gasteiger charge is -2.34. The first-order valence-corrected chi connectivity index (χ1v) is 9.51. The lowest BCUT2D eigenvalue weighted by molar-refractivity contribution is -0.142. The van der Waals surface area contributed by atoms with Gasteiger partial charge in [0.15, 0.2) is 9.84 Å². The van der Waals surface area contributed by atoms with E-state index >= 15 is 0 Å². The molecule has 3 rings (SSSR count). The van der Waals surface area contributed by atoms with E-state index in [2.05, 4.69) is 0 Å². The fraction of sp³-hybridized carbons (Fsp3) is 0.533. The standard InChI is InChI=1S/C15H18ClNO4S/c16-13-3-1-11(2-4-13)14-9-17(6-7-21-14)15(18)12-5-8-22(19,20)10-12/h1-4,12,14H,5-10H2/t12-,14+/m0/s1. The molecule has 1 amide bonds. The Morgan fingerprint density at radius 3 is 2.64 bits per heavy atom. The third-order valence-corrected chi connectivity index (χ3v) is 6.22. The van der Waals surface area contributed by atoms with Gasteiger partial charge in [0.1, 0.15) is 6.10 Å². The van der Waals surface area contributed by atoms with Gasteiger partial charge >= 0.3 is 0 Å². The second kappa shape index (κ2) is 6.18. The average molecular weight is 344 g/mol. The number of nitrogens with zero attached hydrogens (tertiary/aromatic N) is 1. The van der Waals surface area contributed by atoms with Crippen LogP contribution in [0.1, 0.15) is 18.1 Å². The van der Waals surface area contributed by atoms with Gasteiger partial charge in [0.05, 0.1) is 30.6 Å². The first kappa shape index (κ1) is 15.8. The highest BCUT2D eigenvalue weighted by Gasteiger charge is 2.37. The van der Waals surface area contributed by atoms with Crippen molar-refractivity contribution < 1.29 is 17.9 Å². The minimum absolute atomic E-state index is 0.0190. The summed E-state index contributed by atoms with van der Waals surface area (Å²) in [4.78, 5) is 14.2. The van der Waals surface area contributed by atoms with Crippen LogP contribution in [0.3, 0.4) is 0 Å². The number of amides is 1. The molecule has 22 heavy (non-hydrogen) atoms. The molecular formula is C15H18ClNO4S. The minimum atomic E-state index is -3.04. The highest BCUT2D eigenvalue weighted by atomic mass is 35.5. The first-order valence-electron chi connectivity index (χ1n) is 7.31. The van der Waals surface area contributed by atoms with Crippen molar-refractivity contribution in [3.63, 3.8) is 0 Å². The van der Waals surface area contributed by atoms with E-state index in [-0.39, 0.29) is 23.5 Å². The highest BCUT2D eigenvalue weighted by Crippen LogP contribution is 2.27. The summed E-state index contributed by atoms with van der Waals surface area (Å²) in [7, 11) is -3.04. The Morgan fingerprint density at radius 1 is 1.27 bits per heavy atom. The summed E-state index contributed by atoms with van der Waals surface area (Å²) in [5.41, 5.74) is 0.973. The van der Waals surface area contributed by atoms with Crippen LogP contribution in [0.5, 0.6) is 0 Å². The number of morpholine rings is 1. The number of ether oxygens (including phenoxy) is 1. The van der Waals surface area contributed by atoms with Gasteiger partial charge in [0.2, 0.25) is 5.91 Å². The molecule has 0 aromatic heterocycles. The van der Waals surface area contributed by atoms with Gasteiger partial charge in [-0.1, -0.05) is 23.7 Å². The molecule has 0 aliphatic carbocycles. The van der Waals surface area contributed by atoms with E-state index in [9.17, 15) is 13.2 Å². The second-order valence-corrected chi connectivity index (χ2v) is 8.46. The Morgan fingerprint density at radius 2 is 2.00 bits per heavy atom. The quantitative estimate of drug-likeness (QED) is 0.819. The van der Waals surface area contributed by atoms with Gasteiger partial charge in [-0.25, -0.2) is 8.42 Å². The van der Waals surface area contributed by atoms with Crippen LogP contribution < -0.4 is 0 Å². The largest absolute Gasteiger partial charge is 0.370 e. The van der Waals surface area contributed by atoms with Gasteiger partial charge in [-0.15, -0.1) is 0 Å². The first-order chi connectivity index (χ1) is 10.4. The van der Waals surface area contributed by atoms with E-state index in [1.807, 2.05) is 12.1 Å². The van der Waals surface area contributed by atoms with Crippen LogP contribution in [0, 0.1) is 5.92 Å². The van der Waals surface area contributed by atoms with Gasteiger partial charge in [-0.05, 0) is 24.1 Å². The second-order valence-electron chi connectivity index (χ2n) is 5.80. The predicted octanol–water partition coefficient (Wildman–Crippen LogP) is 1.67. The number of sulfone groups is 1. The Balaban J connectivity index is 1.68. The molecule has 2 saturated heterocycles. The number of rotatable bonds is 2. The maximum atomic E-state index is 12.5. The fourth-order valence-corrected chi connectivity index (χ4v) is 4.84. The van der Waals surface area contributed by atoms with Crippen molar-refractivity contribution in [3.8, 4) is 0 Å². The normalized spacial score (nSPS) is 27.8. The van der Waals surface area contributed by atoms with Crippen molar-refractivity contribution in [1.29, 1.82) is 0 Å². The molecule has 1 aromatic rings. The van der Waals surface area contributed by atoms with Crippen molar-refractivity contribution in [2.45, 2.75) is 12.5 Å². The van der Waals surface area contributed by atoms with Crippen LogP contribution in [0.25, 0.3) is 0 Å². The van der Waals surface area contributed by atoms with Crippen LogP contribution in [-0.4, -0.2) is 50.4 Å². The van der Waals surface area contributed by atoms with Crippen LogP contribution in [0.2, 0.25) is 5.02 Å². The highest BCUT2D eigenvalue weighted by molar-refractivity contribution is 7.91. The fourth-order valence-electron chi connectivity index (χ4n) is 2.98. The molecule has 0 saturated carbocycles. The van der Waals surface area contributed by atoms with Gasteiger partial charge in [-0.3, -0.25) is 4.79 Å². The molecule has 120 valence electrons. The summed E-state index contributed by atoms with van der Waals surface area (Å²) < 4.78 is 28.8. The number of halogens is 1. The lowest BCUT2D eigenvalue weighted by atomic mass is 10.0. The van der Waals surface area contributed by atoms with Gasteiger partial charge in [0.25, 0.3) is 0 Å². The van der Waals surface area contributed by atoms with E-state index in [1.54, 1.807) is 17.0 Å². The predicted molar refractivity (Wildman–Crippen MR) is 83.5 cm³/mol. The Kier molecular flexibility index (Phi) is 4.43. The molecule has 0 N–H and O–H groups in total. The van der Waals surface area contributed by atoms with Crippen LogP contribution in [0.15, 0.2) is 24.3 Å². The van der Waals surface area contributed by atoms with Crippen LogP contribution >= 0.6 is 11.6 Å². The number of benzene rings is 1. The van der Waals surface area contributed by atoms with Crippen molar-refractivity contribution >= 4 is 27.3 Å². The average Bonchev–Trinajstić information content (AvgIpc) is 2.87.